The molecule has 0 radical (unpaired) electrons. The van der Waals surface area contributed by atoms with Crippen LogP contribution in [0.2, 0.25) is 0 Å². The molecule has 5 nitrogen and oxygen atoms in total. The molecule has 3 N–H and O–H groups in total. The van der Waals surface area contributed by atoms with Crippen LogP contribution in [-0.2, 0) is 0 Å². The first kappa shape index (κ1) is 27.9. The number of hydrogen-bond donors (Lipinski definition) is 3. The van der Waals surface area contributed by atoms with E-state index in [1.165, 1.54) is 32.1 Å². The Labute approximate surface area is 236 Å². The fraction of sp³-hybridized carbons (Fsp3) is 0.765. The van der Waals surface area contributed by atoms with E-state index >= 15 is 0 Å². The average molecular weight is 538 g/mol. The van der Waals surface area contributed by atoms with Crippen LogP contribution in [0.5, 0.6) is 0 Å². The molecule has 3 spiro atoms. The molecule has 0 aromatic heterocycles. The Morgan fingerprint density at radius 1 is 0.769 bits per heavy atom. The predicted octanol–water partition coefficient (Wildman–Crippen LogP) is 5.24. The van der Waals surface area contributed by atoms with Gasteiger partial charge in [-0.15, -0.1) is 0 Å². The maximum Gasteiger partial charge on any atom is 0.198 e. The minimum absolute atomic E-state index is 0.128. The van der Waals surface area contributed by atoms with Crippen molar-refractivity contribution in [1.82, 2.24) is 4.90 Å². The highest BCUT2D eigenvalue weighted by atomic mass is 16.3. The SMILES string of the molecule is OC1C23CCCCCCC/C=C\CCCN4CCC5C(C2)C[N+]12CCC/C=C\C/C=C\C=C/[C@H](O)[C@@H](O)C52C43. The molecule has 4 saturated heterocycles. The molecule has 7 rings (SSSR count). The molecule has 39 heavy (non-hydrogen) atoms. The van der Waals surface area contributed by atoms with Crippen LogP contribution in [0.25, 0.3) is 0 Å². The summed E-state index contributed by atoms with van der Waals surface area (Å²) in [5.74, 6) is 0.900. The Morgan fingerprint density at radius 3 is 2.44 bits per heavy atom. The third-order valence-corrected chi connectivity index (χ3v) is 11.9. The van der Waals surface area contributed by atoms with Crippen molar-refractivity contribution in [3.8, 4) is 0 Å². The number of quaternary nitrogens is 1. The molecule has 1 aliphatic carbocycles. The van der Waals surface area contributed by atoms with Crippen LogP contribution in [0.1, 0.15) is 89.9 Å². The molecule has 216 valence electrons. The van der Waals surface area contributed by atoms with Gasteiger partial charge in [0, 0.05) is 18.3 Å². The standard InChI is InChI=1S/C34H53N2O3/c37-29-19-15-11-7-3-6-10-14-18-24-36-26-27-25-33(32(36)39)21-16-12-8-4-1-2-5-9-13-17-22-35-23-20-28(27)34(36,30(29)38)31(33)35/h5-7,9-11,15,19,27-32,37-39H,1-4,8,12-14,16-18,20-26H2/q+1/b9-5-,10-6-,11-7-,19-15-/t27?,28?,29-,30+,31?,32?,33?,34?,36?/m0/s1. The van der Waals surface area contributed by atoms with Crippen LogP contribution in [0, 0.1) is 17.3 Å². The summed E-state index contributed by atoms with van der Waals surface area (Å²) < 4.78 is 0.624. The number of aliphatic hydroxyl groups excluding tert-OH is 3. The lowest BCUT2D eigenvalue weighted by Gasteiger charge is -2.58. The van der Waals surface area contributed by atoms with Gasteiger partial charge in [-0.3, -0.25) is 9.38 Å². The Bertz CT molecular complexity index is 975. The molecule has 5 heteroatoms. The zero-order valence-electron chi connectivity index (χ0n) is 24.0. The number of aliphatic hydroxyl groups is 3. The van der Waals surface area contributed by atoms with Gasteiger partial charge in [0.25, 0.3) is 0 Å². The largest absolute Gasteiger partial charge is 0.386 e. The molecule has 0 amide bonds. The van der Waals surface area contributed by atoms with Gasteiger partial charge in [0.2, 0.25) is 0 Å². The molecule has 1 saturated carbocycles. The normalized spacial score (nSPS) is 50.6. The zero-order chi connectivity index (χ0) is 26.9. The summed E-state index contributed by atoms with van der Waals surface area (Å²) in [5, 5.41) is 36.7. The quantitative estimate of drug-likeness (QED) is 0.292. The third-order valence-electron chi connectivity index (χ3n) is 11.9. The maximum absolute atomic E-state index is 12.7. The molecule has 0 aromatic rings. The van der Waals surface area contributed by atoms with Gasteiger partial charge in [-0.05, 0) is 70.9 Å². The second-order valence-corrected chi connectivity index (χ2v) is 13.8. The number of rotatable bonds is 0. The highest BCUT2D eigenvalue weighted by Crippen LogP contribution is 2.73. The van der Waals surface area contributed by atoms with Gasteiger partial charge in [0.15, 0.2) is 11.8 Å². The summed E-state index contributed by atoms with van der Waals surface area (Å²) in [6, 6.07) is 0.128. The van der Waals surface area contributed by atoms with Crippen molar-refractivity contribution >= 4 is 0 Å². The summed E-state index contributed by atoms with van der Waals surface area (Å²) in [6.07, 6.45) is 30.7. The first-order valence-corrected chi connectivity index (χ1v) is 16.4. The minimum atomic E-state index is -0.924. The Kier molecular flexibility index (Phi) is 8.27. The first-order valence-electron chi connectivity index (χ1n) is 16.4. The van der Waals surface area contributed by atoms with Gasteiger partial charge in [0.1, 0.15) is 12.2 Å². The summed E-state index contributed by atoms with van der Waals surface area (Å²) in [5.41, 5.74) is -0.699. The second kappa shape index (κ2) is 11.6. The summed E-state index contributed by atoms with van der Waals surface area (Å²) in [4.78, 5) is 2.71. The topological polar surface area (TPSA) is 63.9 Å². The van der Waals surface area contributed by atoms with E-state index in [2.05, 4.69) is 35.3 Å². The monoisotopic (exact) mass is 537 g/mol. The lowest BCUT2D eigenvalue weighted by molar-refractivity contribution is -1.00. The Hall–Kier alpha value is -1.24. The molecule has 7 unspecified atom stereocenters. The molecule has 5 fully saturated rings. The van der Waals surface area contributed by atoms with Crippen molar-refractivity contribution in [3.63, 3.8) is 0 Å². The van der Waals surface area contributed by atoms with Crippen LogP contribution in [0.3, 0.4) is 0 Å². The van der Waals surface area contributed by atoms with E-state index in [0.717, 1.165) is 84.0 Å². The van der Waals surface area contributed by atoms with Gasteiger partial charge in [-0.25, -0.2) is 0 Å². The van der Waals surface area contributed by atoms with Gasteiger partial charge in [0.05, 0.1) is 24.5 Å². The van der Waals surface area contributed by atoms with E-state index in [9.17, 15) is 15.3 Å². The lowest BCUT2D eigenvalue weighted by atomic mass is 9.52. The Morgan fingerprint density at radius 2 is 1.54 bits per heavy atom. The smallest absolute Gasteiger partial charge is 0.198 e. The van der Waals surface area contributed by atoms with Crippen LogP contribution in [0.4, 0.5) is 0 Å². The summed E-state index contributed by atoms with van der Waals surface area (Å²) >= 11 is 0. The van der Waals surface area contributed by atoms with Crippen molar-refractivity contribution in [2.24, 2.45) is 17.3 Å². The fourth-order valence-corrected chi connectivity index (χ4v) is 10.8. The second-order valence-electron chi connectivity index (χ2n) is 13.8. The highest BCUT2D eigenvalue weighted by Gasteiger charge is 2.89. The molecule has 6 heterocycles. The average Bonchev–Trinajstić information content (AvgIpc) is 3.22. The van der Waals surface area contributed by atoms with Crippen molar-refractivity contribution in [2.75, 3.05) is 26.2 Å². The maximum atomic E-state index is 12.7. The Balaban J connectivity index is 1.45. The van der Waals surface area contributed by atoms with Gasteiger partial charge >= 0.3 is 0 Å². The number of nitrogens with zero attached hydrogens (tertiary/aromatic N) is 2. The summed E-state index contributed by atoms with van der Waals surface area (Å²) in [6.45, 7) is 3.96. The lowest BCUT2D eigenvalue weighted by Crippen LogP contribution is -2.77. The highest BCUT2D eigenvalue weighted by molar-refractivity contribution is 5.28. The molecule has 9 atom stereocenters. The molecular weight excluding hydrogens is 484 g/mol. The molecule has 0 aromatic carbocycles. The van der Waals surface area contributed by atoms with E-state index in [1.54, 1.807) is 0 Å². The third kappa shape index (κ3) is 4.37. The van der Waals surface area contributed by atoms with E-state index in [4.69, 9.17) is 0 Å². The van der Waals surface area contributed by atoms with Crippen LogP contribution >= 0.6 is 0 Å². The van der Waals surface area contributed by atoms with Crippen molar-refractivity contribution < 1.29 is 19.8 Å². The zero-order valence-corrected chi connectivity index (χ0v) is 24.0. The van der Waals surface area contributed by atoms with Gasteiger partial charge in [-0.2, -0.15) is 0 Å². The van der Waals surface area contributed by atoms with E-state index in [0.29, 0.717) is 16.3 Å². The van der Waals surface area contributed by atoms with Crippen molar-refractivity contribution in [2.45, 2.75) is 120 Å². The van der Waals surface area contributed by atoms with E-state index in [-0.39, 0.29) is 11.5 Å². The molecule has 6 aliphatic heterocycles. The van der Waals surface area contributed by atoms with Crippen LogP contribution in [0.15, 0.2) is 48.6 Å². The van der Waals surface area contributed by atoms with Crippen molar-refractivity contribution in [1.29, 1.82) is 0 Å². The fourth-order valence-electron chi connectivity index (χ4n) is 10.8. The van der Waals surface area contributed by atoms with Crippen LogP contribution in [-0.4, -0.2) is 80.9 Å². The number of hydrogen-bond acceptors (Lipinski definition) is 4. The predicted molar refractivity (Wildman–Crippen MR) is 157 cm³/mol. The van der Waals surface area contributed by atoms with Crippen LogP contribution < -0.4 is 0 Å². The number of allylic oxidation sites excluding steroid dienone is 7. The molecule has 7 aliphatic rings. The van der Waals surface area contributed by atoms with Gasteiger partial charge < -0.3 is 15.3 Å². The van der Waals surface area contributed by atoms with Gasteiger partial charge in [-0.1, -0.05) is 74.3 Å². The molecule has 6 bridgehead atoms. The van der Waals surface area contributed by atoms with E-state index in [1.807, 2.05) is 18.2 Å². The first-order chi connectivity index (χ1) is 19.1. The van der Waals surface area contributed by atoms with E-state index < -0.39 is 24.0 Å². The summed E-state index contributed by atoms with van der Waals surface area (Å²) in [7, 11) is 0. The van der Waals surface area contributed by atoms with Crippen molar-refractivity contribution in [3.05, 3.63) is 48.6 Å². The molecular formula is C34H53N2O3+. The minimum Gasteiger partial charge on any atom is -0.386 e. The number of piperidine rings is 2.